The second-order valence-corrected chi connectivity index (χ2v) is 5.82. The normalized spacial score (nSPS) is 10.4. The second kappa shape index (κ2) is 4.65. The molecule has 0 aliphatic heterocycles. The fourth-order valence-corrected chi connectivity index (χ4v) is 2.89. The van der Waals surface area contributed by atoms with Gasteiger partial charge in [0.1, 0.15) is 5.82 Å². The van der Waals surface area contributed by atoms with Crippen molar-refractivity contribution in [1.29, 1.82) is 0 Å². The Bertz CT molecular complexity index is 533. The number of thiophene rings is 1. The average molecular weight is 320 g/mol. The summed E-state index contributed by atoms with van der Waals surface area (Å²) in [5.74, 6) is -0.871. The summed E-state index contributed by atoms with van der Waals surface area (Å²) >= 11 is 10.2. The molecule has 0 N–H and O–H groups in total. The van der Waals surface area contributed by atoms with E-state index in [0.717, 1.165) is 0 Å². The summed E-state index contributed by atoms with van der Waals surface area (Å²) in [4.78, 5) is 12.3. The van der Waals surface area contributed by atoms with Gasteiger partial charge in [-0.05, 0) is 34.1 Å². The summed E-state index contributed by atoms with van der Waals surface area (Å²) in [7, 11) is 0. The van der Waals surface area contributed by atoms with Crippen LogP contribution in [0.2, 0.25) is 5.02 Å². The SMILES string of the molecule is O=C(c1cc(Cl)c(Br)s1)c1ccccc1F. The number of carbonyl (C=O) groups is 1. The fraction of sp³-hybridized carbons (Fsp3) is 0. The highest BCUT2D eigenvalue weighted by Gasteiger charge is 2.17. The monoisotopic (exact) mass is 318 g/mol. The van der Waals surface area contributed by atoms with Crippen LogP contribution in [0.1, 0.15) is 15.2 Å². The molecule has 2 rings (SSSR count). The zero-order valence-corrected chi connectivity index (χ0v) is 11.0. The molecular weight excluding hydrogens is 315 g/mol. The summed E-state index contributed by atoms with van der Waals surface area (Å²) in [6, 6.07) is 7.42. The van der Waals surface area contributed by atoms with Crippen LogP contribution in [0.3, 0.4) is 0 Å². The van der Waals surface area contributed by atoms with Crippen molar-refractivity contribution in [2.75, 3.05) is 0 Å². The Hall–Kier alpha value is -0.710. The third-order valence-electron chi connectivity index (χ3n) is 1.99. The minimum absolute atomic E-state index is 0.0629. The van der Waals surface area contributed by atoms with Crippen molar-refractivity contribution < 1.29 is 9.18 Å². The number of rotatable bonds is 2. The summed E-state index contributed by atoms with van der Waals surface area (Å²) in [6.07, 6.45) is 0. The molecular formula is C11H5BrClFOS. The van der Waals surface area contributed by atoms with E-state index in [1.165, 1.54) is 29.5 Å². The first kappa shape index (κ1) is 11.8. The van der Waals surface area contributed by atoms with E-state index in [0.29, 0.717) is 13.7 Å². The van der Waals surface area contributed by atoms with Gasteiger partial charge in [0.05, 0.1) is 19.2 Å². The van der Waals surface area contributed by atoms with E-state index in [4.69, 9.17) is 11.6 Å². The van der Waals surface area contributed by atoms with Gasteiger partial charge in [-0.3, -0.25) is 4.79 Å². The lowest BCUT2D eigenvalue weighted by Gasteiger charge is -1.98. The third kappa shape index (κ3) is 2.19. The van der Waals surface area contributed by atoms with Crippen molar-refractivity contribution in [3.63, 3.8) is 0 Å². The topological polar surface area (TPSA) is 17.1 Å². The number of hydrogen-bond acceptors (Lipinski definition) is 2. The fourth-order valence-electron chi connectivity index (χ4n) is 1.24. The van der Waals surface area contributed by atoms with E-state index in [1.54, 1.807) is 12.1 Å². The summed E-state index contributed by atoms with van der Waals surface area (Å²) in [5.41, 5.74) is 0.0629. The molecule has 0 aliphatic carbocycles. The smallest absolute Gasteiger partial charge is 0.205 e. The van der Waals surface area contributed by atoms with Crippen LogP contribution in [0.25, 0.3) is 0 Å². The molecule has 0 spiro atoms. The number of carbonyl (C=O) groups excluding carboxylic acids is 1. The quantitative estimate of drug-likeness (QED) is 0.743. The Kier molecular flexibility index (Phi) is 3.42. The lowest BCUT2D eigenvalue weighted by molar-refractivity contribution is 0.103. The van der Waals surface area contributed by atoms with Gasteiger partial charge in [-0.2, -0.15) is 0 Å². The van der Waals surface area contributed by atoms with E-state index >= 15 is 0 Å². The molecule has 1 aromatic carbocycles. The molecule has 1 nitrogen and oxygen atoms in total. The number of hydrogen-bond donors (Lipinski definition) is 0. The molecule has 1 aromatic heterocycles. The maximum atomic E-state index is 13.4. The number of ketones is 1. The van der Waals surface area contributed by atoms with Gasteiger partial charge < -0.3 is 0 Å². The highest BCUT2D eigenvalue weighted by atomic mass is 79.9. The Morgan fingerprint density at radius 1 is 1.38 bits per heavy atom. The predicted molar refractivity (Wildman–Crippen MR) is 66.9 cm³/mol. The van der Waals surface area contributed by atoms with Crippen molar-refractivity contribution in [1.82, 2.24) is 0 Å². The molecule has 82 valence electrons. The van der Waals surface area contributed by atoms with E-state index in [1.807, 2.05) is 0 Å². The molecule has 0 bridgehead atoms. The summed E-state index contributed by atoms with van der Waals surface area (Å²) in [5, 5.41) is 0.463. The minimum atomic E-state index is -0.520. The molecule has 0 aliphatic rings. The molecule has 0 fully saturated rings. The molecule has 5 heteroatoms. The van der Waals surface area contributed by atoms with Crippen molar-refractivity contribution in [3.8, 4) is 0 Å². The molecule has 0 unspecified atom stereocenters. The van der Waals surface area contributed by atoms with Gasteiger partial charge in [0.25, 0.3) is 0 Å². The molecule has 0 saturated carbocycles. The second-order valence-electron chi connectivity index (χ2n) is 3.04. The lowest BCUT2D eigenvalue weighted by Crippen LogP contribution is -2.01. The Balaban J connectivity index is 2.43. The zero-order chi connectivity index (χ0) is 11.7. The van der Waals surface area contributed by atoms with Gasteiger partial charge in [0.2, 0.25) is 5.78 Å². The predicted octanol–water partition coefficient (Wildman–Crippen LogP) is 4.53. The van der Waals surface area contributed by atoms with Crippen molar-refractivity contribution in [2.24, 2.45) is 0 Å². The van der Waals surface area contributed by atoms with Crippen LogP contribution in [0, 0.1) is 5.82 Å². The van der Waals surface area contributed by atoms with Crippen molar-refractivity contribution >= 4 is 44.7 Å². The van der Waals surface area contributed by atoms with E-state index in [9.17, 15) is 9.18 Å². The van der Waals surface area contributed by atoms with Crippen LogP contribution in [0.15, 0.2) is 34.1 Å². The van der Waals surface area contributed by atoms with Gasteiger partial charge >= 0.3 is 0 Å². The molecule has 0 atom stereocenters. The van der Waals surface area contributed by atoms with Gasteiger partial charge in [-0.15, -0.1) is 11.3 Å². The molecule has 0 saturated heterocycles. The van der Waals surface area contributed by atoms with Crippen molar-refractivity contribution in [2.45, 2.75) is 0 Å². The molecule has 0 radical (unpaired) electrons. The maximum Gasteiger partial charge on any atom is 0.205 e. The van der Waals surface area contributed by atoms with Gasteiger partial charge in [0, 0.05) is 0 Å². The van der Waals surface area contributed by atoms with E-state index in [-0.39, 0.29) is 11.3 Å². The lowest BCUT2D eigenvalue weighted by atomic mass is 10.1. The first-order chi connectivity index (χ1) is 7.59. The summed E-state index contributed by atoms with van der Waals surface area (Å²) in [6.45, 7) is 0. The highest BCUT2D eigenvalue weighted by molar-refractivity contribution is 9.11. The maximum absolute atomic E-state index is 13.4. The average Bonchev–Trinajstić information content (AvgIpc) is 2.59. The Morgan fingerprint density at radius 3 is 2.62 bits per heavy atom. The molecule has 2 aromatic rings. The zero-order valence-electron chi connectivity index (χ0n) is 7.84. The van der Waals surface area contributed by atoms with Crippen LogP contribution < -0.4 is 0 Å². The van der Waals surface area contributed by atoms with Gasteiger partial charge in [-0.1, -0.05) is 23.7 Å². The number of halogens is 3. The largest absolute Gasteiger partial charge is 0.288 e. The molecule has 0 amide bonds. The first-order valence-corrected chi connectivity index (χ1v) is 6.32. The third-order valence-corrected chi connectivity index (χ3v) is 4.46. The van der Waals surface area contributed by atoms with Crippen LogP contribution >= 0.6 is 38.9 Å². The first-order valence-electron chi connectivity index (χ1n) is 4.33. The van der Waals surface area contributed by atoms with E-state index in [2.05, 4.69) is 15.9 Å². The van der Waals surface area contributed by atoms with Crippen molar-refractivity contribution in [3.05, 3.63) is 55.4 Å². The minimum Gasteiger partial charge on any atom is -0.288 e. The van der Waals surface area contributed by atoms with Gasteiger partial charge in [0.15, 0.2) is 0 Å². The van der Waals surface area contributed by atoms with Crippen LogP contribution in [-0.4, -0.2) is 5.78 Å². The molecule has 16 heavy (non-hydrogen) atoms. The van der Waals surface area contributed by atoms with Crippen LogP contribution in [-0.2, 0) is 0 Å². The Labute approximate surface area is 109 Å². The summed E-state index contributed by atoms with van der Waals surface area (Å²) < 4.78 is 14.0. The molecule has 1 heterocycles. The van der Waals surface area contributed by atoms with Gasteiger partial charge in [-0.25, -0.2) is 4.39 Å². The standard InChI is InChI=1S/C11H5BrClFOS/c12-11-7(13)5-9(16-11)10(15)6-3-1-2-4-8(6)14/h1-5H. The van der Waals surface area contributed by atoms with Crippen LogP contribution in [0.5, 0.6) is 0 Å². The van der Waals surface area contributed by atoms with E-state index < -0.39 is 5.82 Å². The highest BCUT2D eigenvalue weighted by Crippen LogP contribution is 2.33. The van der Waals surface area contributed by atoms with Crippen LogP contribution in [0.4, 0.5) is 4.39 Å². The number of benzene rings is 1. The Morgan fingerprint density at radius 2 is 2.06 bits per heavy atom.